The van der Waals surface area contributed by atoms with Gasteiger partial charge >= 0.3 is 42.1 Å². The number of ether oxygens (including phenoxy) is 1. The summed E-state index contributed by atoms with van der Waals surface area (Å²) in [6.07, 6.45) is -8.36. The van der Waals surface area contributed by atoms with E-state index in [2.05, 4.69) is 4.74 Å². The number of hydrogen-bond donors (Lipinski definition) is 0. The molecule has 0 amide bonds. The normalized spacial score (nSPS) is 11.5. The fourth-order valence-electron chi connectivity index (χ4n) is 0.241. The van der Waals surface area contributed by atoms with Crippen LogP contribution in [0.5, 0.6) is 0 Å². The molecule has 0 rings (SSSR count). The third-order valence-corrected chi connectivity index (χ3v) is 0.632. The molecule has 7 heteroatoms. The van der Waals surface area contributed by atoms with Crippen molar-refractivity contribution in [1.82, 2.24) is 0 Å². The van der Waals surface area contributed by atoms with Crippen molar-refractivity contribution in [3.63, 3.8) is 0 Å². The topological polar surface area (TPSA) is 32.3 Å². The van der Waals surface area contributed by atoms with Crippen molar-refractivity contribution < 1.29 is 57.0 Å². The molecule has 0 bridgehead atoms. The number of halogens is 4. The van der Waals surface area contributed by atoms with Crippen LogP contribution in [0.4, 0.5) is 17.6 Å². The van der Waals surface area contributed by atoms with Gasteiger partial charge in [0.2, 0.25) is 0 Å². The van der Waals surface area contributed by atoms with Crippen molar-refractivity contribution in [3.05, 3.63) is 0 Å². The average molecular weight is 184 g/mol. The average Bonchev–Trinajstić information content (AvgIpc) is 1.84. The number of rotatable bonds is 4. The maximum atomic E-state index is 11.6. The van der Waals surface area contributed by atoms with Gasteiger partial charge in [0.05, 0.1) is 0 Å². The second kappa shape index (κ2) is 6.19. The molecule has 0 aliphatic heterocycles. The summed E-state index contributed by atoms with van der Waals surface area (Å²) in [4.78, 5) is 0. The van der Waals surface area contributed by atoms with Crippen LogP contribution in [0.15, 0.2) is 0 Å². The molecular weight excluding hydrogens is 179 g/mol. The SMILES string of the molecule is [Na+].[O-]CCOC(F)(F)C(F)F. The Hall–Kier alpha value is 0.640. The van der Waals surface area contributed by atoms with Gasteiger partial charge in [0.1, 0.15) is 0 Å². The molecule has 0 radical (unpaired) electrons. The van der Waals surface area contributed by atoms with E-state index in [4.69, 9.17) is 0 Å². The Kier molecular flexibility index (Phi) is 7.98. The minimum atomic E-state index is -4.48. The zero-order valence-electron chi connectivity index (χ0n) is 5.82. The molecule has 0 unspecified atom stereocenters. The summed E-state index contributed by atoms with van der Waals surface area (Å²) in [7, 11) is 0. The second-order valence-corrected chi connectivity index (χ2v) is 1.42. The van der Waals surface area contributed by atoms with Crippen LogP contribution in [0.2, 0.25) is 0 Å². The second-order valence-electron chi connectivity index (χ2n) is 1.42. The smallest absolute Gasteiger partial charge is 0.853 e. The molecule has 0 atom stereocenters. The summed E-state index contributed by atoms with van der Waals surface area (Å²) in [6, 6.07) is 0. The monoisotopic (exact) mass is 184 g/mol. The van der Waals surface area contributed by atoms with Gasteiger partial charge in [0.25, 0.3) is 0 Å². The van der Waals surface area contributed by atoms with E-state index in [1.807, 2.05) is 0 Å². The van der Waals surface area contributed by atoms with Crippen molar-refractivity contribution in [2.45, 2.75) is 12.5 Å². The fourth-order valence-corrected chi connectivity index (χ4v) is 0.241. The third kappa shape index (κ3) is 5.86. The van der Waals surface area contributed by atoms with Crippen molar-refractivity contribution in [2.75, 3.05) is 13.2 Å². The summed E-state index contributed by atoms with van der Waals surface area (Å²) in [6.45, 7) is -1.86. The van der Waals surface area contributed by atoms with Crippen LogP contribution in [-0.4, -0.2) is 25.7 Å². The molecular formula is C4H5F4NaO2. The van der Waals surface area contributed by atoms with E-state index in [1.54, 1.807) is 0 Å². The van der Waals surface area contributed by atoms with Crippen molar-refractivity contribution in [3.8, 4) is 0 Å². The predicted octanol–water partition coefficient (Wildman–Crippen LogP) is -2.77. The van der Waals surface area contributed by atoms with E-state index in [1.165, 1.54) is 0 Å². The van der Waals surface area contributed by atoms with Gasteiger partial charge in [0.15, 0.2) is 0 Å². The van der Waals surface area contributed by atoms with Gasteiger partial charge in [-0.15, -0.1) is 6.61 Å². The zero-order chi connectivity index (χ0) is 8.20. The maximum absolute atomic E-state index is 11.6. The zero-order valence-corrected chi connectivity index (χ0v) is 7.82. The van der Waals surface area contributed by atoms with E-state index in [0.717, 1.165) is 0 Å². The van der Waals surface area contributed by atoms with Crippen LogP contribution in [0.1, 0.15) is 0 Å². The van der Waals surface area contributed by atoms with Crippen LogP contribution in [0.3, 0.4) is 0 Å². The van der Waals surface area contributed by atoms with Crippen LogP contribution >= 0.6 is 0 Å². The van der Waals surface area contributed by atoms with Crippen LogP contribution in [-0.2, 0) is 4.74 Å². The van der Waals surface area contributed by atoms with Gasteiger partial charge in [-0.2, -0.15) is 8.78 Å². The first-order chi connectivity index (χ1) is 4.50. The molecule has 0 aromatic heterocycles. The fraction of sp³-hybridized carbons (Fsp3) is 1.00. The number of alkyl halides is 4. The first-order valence-corrected chi connectivity index (χ1v) is 2.38. The quantitative estimate of drug-likeness (QED) is 0.350. The molecule has 2 nitrogen and oxygen atoms in total. The Balaban J connectivity index is 0. The Bertz CT molecular complexity index is 100. The molecule has 0 N–H and O–H groups in total. The Morgan fingerprint density at radius 1 is 1.36 bits per heavy atom. The van der Waals surface area contributed by atoms with Gasteiger partial charge in [-0.25, -0.2) is 8.78 Å². The number of hydrogen-bond acceptors (Lipinski definition) is 2. The summed E-state index contributed by atoms with van der Waals surface area (Å²) < 4.78 is 48.8. The molecule has 0 saturated carbocycles. The molecule has 0 aliphatic rings. The largest absolute Gasteiger partial charge is 1.00 e. The summed E-state index contributed by atoms with van der Waals surface area (Å²) in [5.41, 5.74) is 0. The molecule has 11 heavy (non-hydrogen) atoms. The van der Waals surface area contributed by atoms with E-state index < -0.39 is 25.7 Å². The van der Waals surface area contributed by atoms with Gasteiger partial charge in [-0.05, 0) is 0 Å². The molecule has 62 valence electrons. The Morgan fingerprint density at radius 2 is 1.82 bits per heavy atom. The van der Waals surface area contributed by atoms with Gasteiger partial charge in [-0.3, -0.25) is 0 Å². The van der Waals surface area contributed by atoms with Crippen molar-refractivity contribution in [1.29, 1.82) is 0 Å². The summed E-state index contributed by atoms with van der Waals surface area (Å²) in [5, 5.41) is 9.50. The summed E-state index contributed by atoms with van der Waals surface area (Å²) >= 11 is 0. The van der Waals surface area contributed by atoms with Gasteiger partial charge in [0, 0.05) is 6.61 Å². The minimum absolute atomic E-state index is 0. The molecule has 0 spiro atoms. The molecule has 0 saturated heterocycles. The third-order valence-electron chi connectivity index (χ3n) is 0.632. The minimum Gasteiger partial charge on any atom is -0.853 e. The van der Waals surface area contributed by atoms with Gasteiger partial charge < -0.3 is 9.84 Å². The molecule has 0 aromatic rings. The summed E-state index contributed by atoms with van der Waals surface area (Å²) in [5.74, 6) is 0. The Labute approximate surface area is 82.8 Å². The standard InChI is InChI=1S/C4H5F4O2.Na/c5-3(6)4(7,8)10-2-1-9;/h3H,1-2H2;/q-1;+1. The first kappa shape index (κ1) is 14.2. The van der Waals surface area contributed by atoms with Crippen LogP contribution < -0.4 is 34.7 Å². The molecule has 0 aromatic carbocycles. The van der Waals surface area contributed by atoms with E-state index in [-0.39, 0.29) is 29.6 Å². The van der Waals surface area contributed by atoms with Crippen LogP contribution in [0.25, 0.3) is 0 Å². The van der Waals surface area contributed by atoms with Gasteiger partial charge in [-0.1, -0.05) is 0 Å². The molecule has 0 aliphatic carbocycles. The van der Waals surface area contributed by atoms with E-state index in [9.17, 15) is 22.7 Å². The van der Waals surface area contributed by atoms with Crippen LogP contribution in [0, 0.1) is 0 Å². The first-order valence-electron chi connectivity index (χ1n) is 2.38. The Morgan fingerprint density at radius 3 is 2.09 bits per heavy atom. The predicted molar refractivity (Wildman–Crippen MR) is 21.8 cm³/mol. The van der Waals surface area contributed by atoms with Crippen molar-refractivity contribution >= 4 is 0 Å². The van der Waals surface area contributed by atoms with Crippen molar-refractivity contribution in [2.24, 2.45) is 0 Å². The van der Waals surface area contributed by atoms with E-state index >= 15 is 0 Å². The molecule has 0 heterocycles. The molecule has 0 fully saturated rings. The maximum Gasteiger partial charge on any atom is 1.00 e. The van der Waals surface area contributed by atoms with E-state index in [0.29, 0.717) is 0 Å².